The van der Waals surface area contributed by atoms with Crippen molar-refractivity contribution in [1.82, 2.24) is 0 Å². The van der Waals surface area contributed by atoms with Crippen LogP contribution in [0, 0.1) is 5.92 Å². The summed E-state index contributed by atoms with van der Waals surface area (Å²) in [6.45, 7) is 3.10. The van der Waals surface area contributed by atoms with Crippen molar-refractivity contribution in [3.05, 3.63) is 0 Å². The van der Waals surface area contributed by atoms with Gasteiger partial charge in [0, 0.05) is 0 Å². The zero-order chi connectivity index (χ0) is 10.7. The van der Waals surface area contributed by atoms with E-state index in [0.29, 0.717) is 16.9 Å². The molecule has 2 fully saturated rings. The Morgan fingerprint density at radius 3 is 2.93 bits per heavy atom. The van der Waals surface area contributed by atoms with Crippen LogP contribution in [0.2, 0.25) is 0 Å². The highest BCUT2D eigenvalue weighted by Crippen LogP contribution is 2.37. The minimum absolute atomic E-state index is 0.0602. The summed E-state index contributed by atoms with van der Waals surface area (Å²) in [7, 11) is 0. The average Bonchev–Trinajstić information content (AvgIpc) is 2.61. The molecule has 0 amide bonds. The van der Waals surface area contributed by atoms with E-state index in [2.05, 4.69) is 0 Å². The molecule has 5 heteroatoms. The summed E-state index contributed by atoms with van der Waals surface area (Å²) in [5, 5.41) is 0. The van der Waals surface area contributed by atoms with Crippen LogP contribution in [0.25, 0.3) is 0 Å². The molecule has 0 N–H and O–H groups in total. The lowest BCUT2D eigenvalue weighted by molar-refractivity contribution is -0.184. The maximum Gasteiger partial charge on any atom is 0.219 e. The van der Waals surface area contributed by atoms with Crippen LogP contribution >= 0.6 is 24.0 Å². The molecule has 2 aliphatic heterocycles. The quantitative estimate of drug-likeness (QED) is 0.711. The molecule has 1 spiro atoms. The van der Waals surface area contributed by atoms with Crippen LogP contribution in [0.3, 0.4) is 0 Å². The smallest absolute Gasteiger partial charge is 0.219 e. The molecule has 0 saturated carbocycles. The topological polar surface area (TPSA) is 27.7 Å². The molecule has 0 aliphatic carbocycles. The second kappa shape index (κ2) is 4.99. The molecule has 2 saturated heterocycles. The van der Waals surface area contributed by atoms with E-state index >= 15 is 0 Å². The van der Waals surface area contributed by atoms with Gasteiger partial charge >= 0.3 is 0 Å². The summed E-state index contributed by atoms with van der Waals surface area (Å²) < 4.78 is 17.0. The molecule has 3 nitrogen and oxygen atoms in total. The zero-order valence-corrected chi connectivity index (χ0v) is 10.5. The summed E-state index contributed by atoms with van der Waals surface area (Å²) in [5.74, 6) is 0.610. The van der Waals surface area contributed by atoms with Crippen LogP contribution in [0.4, 0.5) is 0 Å². The number of thiocarbonyl (C=S) groups is 1. The Hall–Kier alpha value is 0.160. The second-order valence-corrected chi connectivity index (χ2v) is 5.56. The fourth-order valence-corrected chi connectivity index (χ4v) is 2.31. The molecular formula is C10H16O3S2. The summed E-state index contributed by atoms with van der Waals surface area (Å²) in [4.78, 5) is 0. The van der Waals surface area contributed by atoms with Crippen LogP contribution in [0.1, 0.15) is 12.8 Å². The largest absolute Gasteiger partial charge is 0.479 e. The second-order valence-electron chi connectivity index (χ2n) is 4.15. The van der Waals surface area contributed by atoms with Crippen LogP contribution in [0.15, 0.2) is 0 Å². The van der Waals surface area contributed by atoms with E-state index in [1.807, 2.05) is 6.26 Å². The molecule has 15 heavy (non-hydrogen) atoms. The van der Waals surface area contributed by atoms with Crippen molar-refractivity contribution in [3.63, 3.8) is 0 Å². The monoisotopic (exact) mass is 248 g/mol. The summed E-state index contributed by atoms with van der Waals surface area (Å²) in [6, 6.07) is 0. The minimum Gasteiger partial charge on any atom is -0.479 e. The standard InChI is InChI=1S/C10H16O3S2/c1-15-9(14)12-3-2-8-4-10(13-5-8)6-11-7-10/h8H,2-7H2,1H3. The van der Waals surface area contributed by atoms with Gasteiger partial charge in [-0.2, -0.15) is 0 Å². The summed E-state index contributed by atoms with van der Waals surface area (Å²) in [6.07, 6.45) is 4.08. The predicted molar refractivity (Wildman–Crippen MR) is 64.3 cm³/mol. The Morgan fingerprint density at radius 1 is 1.60 bits per heavy atom. The van der Waals surface area contributed by atoms with E-state index in [1.165, 1.54) is 11.8 Å². The van der Waals surface area contributed by atoms with Gasteiger partial charge in [-0.1, -0.05) is 11.8 Å². The fourth-order valence-electron chi connectivity index (χ4n) is 2.02. The Labute approximate surface area is 99.8 Å². The lowest BCUT2D eigenvalue weighted by atomic mass is 9.91. The lowest BCUT2D eigenvalue weighted by Gasteiger charge is -2.36. The molecule has 86 valence electrons. The number of hydrogen-bond donors (Lipinski definition) is 0. The first-order chi connectivity index (χ1) is 7.24. The van der Waals surface area contributed by atoms with E-state index in [4.69, 9.17) is 26.4 Å². The van der Waals surface area contributed by atoms with Crippen molar-refractivity contribution in [3.8, 4) is 0 Å². The van der Waals surface area contributed by atoms with Crippen molar-refractivity contribution < 1.29 is 14.2 Å². The van der Waals surface area contributed by atoms with Gasteiger partial charge in [-0.05, 0) is 37.2 Å². The number of thioether (sulfide) groups is 1. The van der Waals surface area contributed by atoms with Crippen LogP contribution in [0.5, 0.6) is 0 Å². The van der Waals surface area contributed by atoms with Gasteiger partial charge in [0.1, 0.15) is 5.60 Å². The highest BCUT2D eigenvalue weighted by Gasteiger charge is 2.46. The molecule has 0 aromatic heterocycles. The molecule has 0 aromatic rings. The predicted octanol–water partition coefficient (Wildman–Crippen LogP) is 1.85. The summed E-state index contributed by atoms with van der Waals surface area (Å²) in [5.41, 5.74) is 0.0602. The molecule has 2 rings (SSSR count). The first-order valence-corrected chi connectivity index (χ1v) is 6.80. The van der Waals surface area contributed by atoms with Crippen molar-refractivity contribution >= 4 is 28.4 Å². The SMILES string of the molecule is CSC(=S)OCCC1COC2(COC2)C1. The van der Waals surface area contributed by atoms with Gasteiger partial charge in [-0.25, -0.2) is 0 Å². The third kappa shape index (κ3) is 2.84. The average molecular weight is 248 g/mol. The Kier molecular flexibility index (Phi) is 3.88. The molecule has 2 heterocycles. The highest BCUT2D eigenvalue weighted by atomic mass is 32.2. The van der Waals surface area contributed by atoms with Crippen LogP contribution in [-0.2, 0) is 14.2 Å². The third-order valence-corrected chi connectivity index (χ3v) is 4.00. The van der Waals surface area contributed by atoms with Crippen LogP contribution < -0.4 is 0 Å². The van der Waals surface area contributed by atoms with E-state index in [0.717, 1.165) is 32.7 Å². The van der Waals surface area contributed by atoms with Gasteiger partial charge in [-0.15, -0.1) is 0 Å². The Balaban J connectivity index is 1.62. The first kappa shape index (κ1) is 11.6. The minimum atomic E-state index is 0.0602. The van der Waals surface area contributed by atoms with Crippen LogP contribution in [-0.4, -0.2) is 42.7 Å². The molecule has 1 unspecified atom stereocenters. The van der Waals surface area contributed by atoms with Gasteiger partial charge in [0.15, 0.2) is 0 Å². The van der Waals surface area contributed by atoms with E-state index in [9.17, 15) is 0 Å². The highest BCUT2D eigenvalue weighted by molar-refractivity contribution is 8.22. The maximum atomic E-state index is 5.75. The lowest BCUT2D eigenvalue weighted by Crippen LogP contribution is -2.49. The van der Waals surface area contributed by atoms with E-state index in [-0.39, 0.29) is 5.60 Å². The third-order valence-electron chi connectivity index (χ3n) is 2.93. The molecule has 0 aromatic carbocycles. The molecule has 0 bridgehead atoms. The maximum absolute atomic E-state index is 5.75. The van der Waals surface area contributed by atoms with Crippen molar-refractivity contribution in [2.45, 2.75) is 18.4 Å². The molecule has 2 aliphatic rings. The molecule has 0 radical (unpaired) electrons. The number of hydrogen-bond acceptors (Lipinski definition) is 5. The van der Waals surface area contributed by atoms with Gasteiger partial charge < -0.3 is 14.2 Å². The van der Waals surface area contributed by atoms with Crippen molar-refractivity contribution in [2.75, 3.05) is 32.7 Å². The van der Waals surface area contributed by atoms with Crippen molar-refractivity contribution in [2.24, 2.45) is 5.92 Å². The van der Waals surface area contributed by atoms with Gasteiger partial charge in [0.25, 0.3) is 0 Å². The molecule has 1 atom stereocenters. The Morgan fingerprint density at radius 2 is 2.40 bits per heavy atom. The number of rotatable bonds is 3. The Bertz CT molecular complexity index is 241. The van der Waals surface area contributed by atoms with E-state index < -0.39 is 0 Å². The summed E-state index contributed by atoms with van der Waals surface area (Å²) >= 11 is 6.44. The van der Waals surface area contributed by atoms with Crippen molar-refractivity contribution in [1.29, 1.82) is 0 Å². The zero-order valence-electron chi connectivity index (χ0n) is 8.86. The fraction of sp³-hybridized carbons (Fsp3) is 0.900. The molecular weight excluding hydrogens is 232 g/mol. The van der Waals surface area contributed by atoms with Gasteiger partial charge in [0.2, 0.25) is 4.38 Å². The van der Waals surface area contributed by atoms with Gasteiger partial charge in [-0.3, -0.25) is 0 Å². The number of ether oxygens (including phenoxy) is 3. The van der Waals surface area contributed by atoms with E-state index in [1.54, 1.807) is 0 Å². The van der Waals surface area contributed by atoms with Gasteiger partial charge in [0.05, 0.1) is 26.4 Å². The normalized spacial score (nSPS) is 27.7. The first-order valence-electron chi connectivity index (χ1n) is 5.16.